The van der Waals surface area contributed by atoms with Crippen LogP contribution in [-0.2, 0) is 6.61 Å². The van der Waals surface area contributed by atoms with Crippen LogP contribution >= 0.6 is 0 Å². The largest absolute Gasteiger partial charge is 0.508 e. The zero-order chi connectivity index (χ0) is 20.2. The van der Waals surface area contributed by atoms with E-state index < -0.39 is 0 Å². The molecule has 1 amide bonds. The number of phenols is 1. The zero-order valence-electron chi connectivity index (χ0n) is 16.2. The Morgan fingerprint density at radius 3 is 2.59 bits per heavy atom. The van der Waals surface area contributed by atoms with Crippen LogP contribution < -0.4 is 4.74 Å². The second-order valence-electron chi connectivity index (χ2n) is 7.17. The molecule has 150 valence electrons. The molecule has 0 unspecified atom stereocenters. The van der Waals surface area contributed by atoms with Crippen molar-refractivity contribution in [2.24, 2.45) is 0 Å². The van der Waals surface area contributed by atoms with Crippen molar-refractivity contribution in [3.8, 4) is 11.5 Å². The quantitative estimate of drug-likeness (QED) is 0.711. The van der Waals surface area contributed by atoms with E-state index in [-0.39, 0.29) is 18.3 Å². The van der Waals surface area contributed by atoms with Gasteiger partial charge < -0.3 is 19.3 Å². The van der Waals surface area contributed by atoms with Crippen LogP contribution in [0.3, 0.4) is 0 Å². The van der Waals surface area contributed by atoms with E-state index in [1.54, 1.807) is 31.2 Å². The molecule has 0 radical (unpaired) electrons. The summed E-state index contributed by atoms with van der Waals surface area (Å²) in [6, 6.07) is 14.6. The summed E-state index contributed by atoms with van der Waals surface area (Å²) in [6.45, 7) is 3.23. The van der Waals surface area contributed by atoms with E-state index in [4.69, 9.17) is 9.26 Å². The second-order valence-corrected chi connectivity index (χ2v) is 7.17. The van der Waals surface area contributed by atoms with Gasteiger partial charge in [0.15, 0.2) is 6.61 Å². The Balaban J connectivity index is 1.40. The van der Waals surface area contributed by atoms with Crippen LogP contribution in [0.25, 0.3) is 0 Å². The van der Waals surface area contributed by atoms with Gasteiger partial charge in [-0.1, -0.05) is 29.4 Å². The molecule has 3 aromatic rings. The normalized spacial score (nSPS) is 14.7. The van der Waals surface area contributed by atoms with Crippen LogP contribution in [0.15, 0.2) is 53.1 Å². The lowest BCUT2D eigenvalue weighted by molar-refractivity contribution is 0.0708. The molecule has 0 saturated carbocycles. The van der Waals surface area contributed by atoms with Gasteiger partial charge in [-0.15, -0.1) is 0 Å². The maximum absolute atomic E-state index is 13.1. The smallest absolute Gasteiger partial charge is 0.257 e. The molecule has 1 aliphatic rings. The van der Waals surface area contributed by atoms with Crippen LogP contribution in [0.4, 0.5) is 0 Å². The average molecular weight is 393 g/mol. The lowest BCUT2D eigenvalue weighted by Gasteiger charge is -2.32. The highest BCUT2D eigenvalue weighted by molar-refractivity contribution is 5.97. The summed E-state index contributed by atoms with van der Waals surface area (Å²) in [5.41, 5.74) is 1.74. The highest BCUT2D eigenvalue weighted by Gasteiger charge is 2.26. The Hall–Kier alpha value is -3.35. The third-order valence-corrected chi connectivity index (χ3v) is 5.19. The highest BCUT2D eigenvalue weighted by Crippen LogP contribution is 2.30. The minimum atomic E-state index is -0.0333. The third-order valence-electron chi connectivity index (χ3n) is 5.19. The Morgan fingerprint density at radius 2 is 1.90 bits per heavy atom. The summed E-state index contributed by atoms with van der Waals surface area (Å²) in [6.07, 6.45) is 1.78. The van der Waals surface area contributed by atoms with Gasteiger partial charge in [0.25, 0.3) is 5.91 Å². The number of carbonyl (C=O) groups is 1. The van der Waals surface area contributed by atoms with Crippen LogP contribution in [0.2, 0.25) is 0 Å². The topological polar surface area (TPSA) is 88.7 Å². The number of hydrogen-bond donors (Lipinski definition) is 1. The van der Waals surface area contributed by atoms with Crippen molar-refractivity contribution in [2.75, 3.05) is 13.1 Å². The summed E-state index contributed by atoms with van der Waals surface area (Å²) < 4.78 is 10.7. The van der Waals surface area contributed by atoms with Gasteiger partial charge in [-0.3, -0.25) is 4.79 Å². The molecule has 0 spiro atoms. The fraction of sp³-hybridized carbons (Fsp3) is 0.318. The molecule has 1 aliphatic heterocycles. The monoisotopic (exact) mass is 393 g/mol. The number of nitrogens with zero attached hydrogens (tertiary/aromatic N) is 3. The fourth-order valence-corrected chi connectivity index (χ4v) is 3.64. The number of aromatic hydroxyl groups is 1. The molecule has 1 saturated heterocycles. The molecule has 1 aromatic heterocycles. The molecule has 2 heterocycles. The van der Waals surface area contributed by atoms with Crippen molar-refractivity contribution in [1.82, 2.24) is 15.0 Å². The number of hydrogen-bond acceptors (Lipinski definition) is 6. The first-order valence-electron chi connectivity index (χ1n) is 9.69. The Bertz CT molecular complexity index is 976. The summed E-state index contributed by atoms with van der Waals surface area (Å²) in [5.74, 6) is 2.07. The first kappa shape index (κ1) is 19.0. The zero-order valence-corrected chi connectivity index (χ0v) is 16.2. The molecule has 7 nitrogen and oxygen atoms in total. The number of rotatable bonds is 5. The number of para-hydroxylation sites is 1. The summed E-state index contributed by atoms with van der Waals surface area (Å²) in [5, 5.41) is 13.3. The van der Waals surface area contributed by atoms with Gasteiger partial charge >= 0.3 is 0 Å². The number of likely N-dealkylation sites (tertiary alicyclic amines) is 1. The van der Waals surface area contributed by atoms with Gasteiger partial charge in [0.2, 0.25) is 11.7 Å². The maximum Gasteiger partial charge on any atom is 0.257 e. The van der Waals surface area contributed by atoms with E-state index in [9.17, 15) is 9.90 Å². The summed E-state index contributed by atoms with van der Waals surface area (Å²) >= 11 is 0. The molecule has 1 N–H and O–H groups in total. The lowest BCUT2D eigenvalue weighted by Crippen LogP contribution is -2.38. The van der Waals surface area contributed by atoms with Crippen molar-refractivity contribution >= 4 is 5.91 Å². The number of amides is 1. The first-order chi connectivity index (χ1) is 14.1. The Kier molecular flexibility index (Phi) is 5.46. The summed E-state index contributed by atoms with van der Waals surface area (Å²) in [4.78, 5) is 19.1. The average Bonchev–Trinajstić information content (AvgIpc) is 3.18. The molecule has 29 heavy (non-hydrogen) atoms. The second kappa shape index (κ2) is 8.34. The van der Waals surface area contributed by atoms with Gasteiger partial charge in [0.1, 0.15) is 11.5 Å². The molecule has 1 fully saturated rings. The van der Waals surface area contributed by atoms with Crippen LogP contribution in [0.1, 0.15) is 46.4 Å². The van der Waals surface area contributed by atoms with E-state index in [1.807, 2.05) is 29.2 Å². The van der Waals surface area contributed by atoms with Gasteiger partial charge in [-0.05, 0) is 48.6 Å². The van der Waals surface area contributed by atoms with Crippen LogP contribution in [0.5, 0.6) is 11.5 Å². The van der Waals surface area contributed by atoms with Crippen molar-refractivity contribution < 1.29 is 19.2 Å². The van der Waals surface area contributed by atoms with E-state index in [1.165, 1.54) is 5.56 Å². The number of phenolic OH excluding ortho intramolecular Hbond substituents is 1. The number of aryl methyl sites for hydroxylation is 1. The third kappa shape index (κ3) is 4.39. The van der Waals surface area contributed by atoms with Crippen molar-refractivity contribution in [3.05, 3.63) is 71.4 Å². The lowest BCUT2D eigenvalue weighted by atomic mass is 9.89. The number of ether oxygens (including phenoxy) is 1. The SMILES string of the molecule is Cc1nc(COc2ccccc2C(=O)N2CCC(c3ccc(O)cc3)CC2)no1. The minimum Gasteiger partial charge on any atom is -0.508 e. The number of piperidine rings is 1. The van der Waals surface area contributed by atoms with Crippen molar-refractivity contribution in [2.45, 2.75) is 32.3 Å². The molecule has 0 bridgehead atoms. The number of benzene rings is 2. The molecule has 0 aliphatic carbocycles. The Morgan fingerprint density at radius 1 is 1.17 bits per heavy atom. The van der Waals surface area contributed by atoms with Crippen LogP contribution in [0, 0.1) is 6.92 Å². The van der Waals surface area contributed by atoms with E-state index >= 15 is 0 Å². The standard InChI is InChI=1S/C22H23N3O4/c1-15-23-21(24-29-15)14-28-20-5-3-2-4-19(20)22(27)25-12-10-17(11-13-25)16-6-8-18(26)9-7-16/h2-9,17,26H,10-14H2,1H3. The van der Waals surface area contributed by atoms with Crippen LogP contribution in [-0.4, -0.2) is 39.1 Å². The molecule has 2 aromatic carbocycles. The molecular weight excluding hydrogens is 370 g/mol. The maximum atomic E-state index is 13.1. The van der Waals surface area contributed by atoms with Gasteiger partial charge in [0, 0.05) is 20.0 Å². The predicted octanol–water partition coefficient (Wildman–Crippen LogP) is 3.68. The predicted molar refractivity (Wildman–Crippen MR) is 106 cm³/mol. The van der Waals surface area contributed by atoms with Gasteiger partial charge in [-0.25, -0.2) is 0 Å². The Labute approximate surface area is 168 Å². The number of carbonyl (C=O) groups excluding carboxylic acids is 1. The first-order valence-corrected chi connectivity index (χ1v) is 9.69. The van der Waals surface area contributed by atoms with Crippen molar-refractivity contribution in [3.63, 3.8) is 0 Å². The molecule has 4 rings (SSSR count). The van der Waals surface area contributed by atoms with Gasteiger partial charge in [-0.2, -0.15) is 4.98 Å². The molecule has 7 heteroatoms. The van der Waals surface area contributed by atoms with E-state index in [0.717, 1.165) is 12.8 Å². The highest BCUT2D eigenvalue weighted by atomic mass is 16.5. The molecule has 0 atom stereocenters. The summed E-state index contributed by atoms with van der Waals surface area (Å²) in [7, 11) is 0. The number of aromatic nitrogens is 2. The van der Waals surface area contributed by atoms with E-state index in [0.29, 0.717) is 42.0 Å². The molecular formula is C22H23N3O4. The van der Waals surface area contributed by atoms with Crippen molar-refractivity contribution in [1.29, 1.82) is 0 Å². The van der Waals surface area contributed by atoms with E-state index in [2.05, 4.69) is 10.1 Å². The fourth-order valence-electron chi connectivity index (χ4n) is 3.64. The minimum absolute atomic E-state index is 0.0333. The van der Waals surface area contributed by atoms with Gasteiger partial charge in [0.05, 0.1) is 5.56 Å².